The van der Waals surface area contributed by atoms with Gasteiger partial charge in [0.2, 0.25) is 5.95 Å². The molecule has 0 aliphatic carbocycles. The second kappa shape index (κ2) is 9.39. The minimum absolute atomic E-state index is 0.237. The molecule has 0 saturated heterocycles. The molecule has 1 aliphatic heterocycles. The fourth-order valence-corrected chi connectivity index (χ4v) is 3.59. The van der Waals surface area contributed by atoms with Crippen molar-refractivity contribution in [1.82, 2.24) is 19.7 Å². The number of carbonyl (C=O) groups excluding carboxylic acids is 1. The summed E-state index contributed by atoms with van der Waals surface area (Å²) in [6, 6.07) is 12.4. The lowest BCUT2D eigenvalue weighted by Gasteiger charge is -2.22. The number of aromatic nitrogens is 4. The number of carbonyl (C=O) groups is 1. The van der Waals surface area contributed by atoms with Crippen LogP contribution in [0.3, 0.4) is 0 Å². The van der Waals surface area contributed by atoms with Crippen molar-refractivity contribution in [3.05, 3.63) is 59.9 Å². The fraction of sp³-hybridized carbons (Fsp3) is 0.364. The van der Waals surface area contributed by atoms with Gasteiger partial charge in [0.05, 0.1) is 13.0 Å². The molecule has 1 N–H and O–H groups in total. The summed E-state index contributed by atoms with van der Waals surface area (Å²) in [5, 5.41) is 7.46. The van der Waals surface area contributed by atoms with Crippen LogP contribution >= 0.6 is 0 Å². The molecule has 0 spiro atoms. The highest BCUT2D eigenvalue weighted by Crippen LogP contribution is 2.22. The first-order chi connectivity index (χ1) is 14.7. The number of nitrogens with one attached hydrogen (secondary N) is 1. The zero-order valence-electron chi connectivity index (χ0n) is 17.1. The minimum Gasteiger partial charge on any atom is -0.466 e. The van der Waals surface area contributed by atoms with Crippen molar-refractivity contribution in [3.63, 3.8) is 0 Å². The van der Waals surface area contributed by atoms with Crippen molar-refractivity contribution in [3.8, 4) is 5.82 Å². The summed E-state index contributed by atoms with van der Waals surface area (Å²) in [6.07, 6.45) is 5.79. The lowest BCUT2D eigenvalue weighted by atomic mass is 10.0. The van der Waals surface area contributed by atoms with E-state index in [4.69, 9.17) is 9.72 Å². The Hall–Kier alpha value is -3.42. The van der Waals surface area contributed by atoms with Crippen molar-refractivity contribution >= 4 is 17.7 Å². The summed E-state index contributed by atoms with van der Waals surface area (Å²) < 4.78 is 6.70. The van der Waals surface area contributed by atoms with Crippen LogP contribution in [0.25, 0.3) is 5.82 Å². The lowest BCUT2D eigenvalue weighted by Crippen LogP contribution is -2.27. The number of benzene rings is 1. The monoisotopic (exact) mass is 406 g/mol. The van der Waals surface area contributed by atoms with Gasteiger partial charge in [0.1, 0.15) is 5.82 Å². The molecule has 0 atom stereocenters. The van der Waals surface area contributed by atoms with E-state index in [9.17, 15) is 4.79 Å². The Balaban J connectivity index is 1.54. The van der Waals surface area contributed by atoms with E-state index < -0.39 is 0 Å². The number of esters is 1. The summed E-state index contributed by atoms with van der Waals surface area (Å²) in [7, 11) is 0. The average Bonchev–Trinajstić information content (AvgIpc) is 3.21. The Kier molecular flexibility index (Phi) is 6.22. The van der Waals surface area contributed by atoms with E-state index in [1.165, 1.54) is 11.1 Å². The number of rotatable bonds is 7. The van der Waals surface area contributed by atoms with E-state index in [0.717, 1.165) is 31.7 Å². The van der Waals surface area contributed by atoms with Crippen LogP contribution in [0.2, 0.25) is 0 Å². The van der Waals surface area contributed by atoms with E-state index in [0.29, 0.717) is 24.9 Å². The van der Waals surface area contributed by atoms with Gasteiger partial charge in [0.25, 0.3) is 0 Å². The minimum atomic E-state index is -0.237. The van der Waals surface area contributed by atoms with Crippen molar-refractivity contribution in [2.45, 2.75) is 26.2 Å². The first-order valence-corrected chi connectivity index (χ1v) is 10.3. The first kappa shape index (κ1) is 19.9. The Morgan fingerprint density at radius 3 is 2.50 bits per heavy atom. The van der Waals surface area contributed by atoms with Gasteiger partial charge in [0.15, 0.2) is 5.82 Å². The maximum absolute atomic E-state index is 11.6. The number of hydrogen-bond acceptors (Lipinski definition) is 7. The Labute approximate surface area is 175 Å². The molecule has 8 heteroatoms. The summed E-state index contributed by atoms with van der Waals surface area (Å²) in [5.41, 5.74) is 2.79. The van der Waals surface area contributed by atoms with Crippen molar-refractivity contribution < 1.29 is 9.53 Å². The predicted octanol–water partition coefficient (Wildman–Crippen LogP) is 2.63. The molecule has 1 aliphatic rings. The molecular weight excluding hydrogens is 380 g/mol. The van der Waals surface area contributed by atoms with E-state index in [1.807, 2.05) is 18.3 Å². The van der Waals surface area contributed by atoms with Crippen LogP contribution in [0.15, 0.2) is 48.8 Å². The number of nitrogens with zero attached hydrogens (tertiary/aromatic N) is 5. The highest BCUT2D eigenvalue weighted by Gasteiger charge is 2.17. The quantitative estimate of drug-likeness (QED) is 0.604. The van der Waals surface area contributed by atoms with Crippen LogP contribution < -0.4 is 10.2 Å². The zero-order valence-corrected chi connectivity index (χ0v) is 17.1. The fourth-order valence-electron chi connectivity index (χ4n) is 3.59. The van der Waals surface area contributed by atoms with Crippen molar-refractivity contribution in [1.29, 1.82) is 0 Å². The molecule has 0 saturated carbocycles. The maximum Gasteiger partial charge on any atom is 0.307 e. The van der Waals surface area contributed by atoms with Crippen molar-refractivity contribution in [2.24, 2.45) is 0 Å². The highest BCUT2D eigenvalue weighted by molar-refractivity contribution is 5.69. The van der Waals surface area contributed by atoms with Crippen LogP contribution in [0, 0.1) is 0 Å². The molecule has 3 heterocycles. The molecule has 8 nitrogen and oxygen atoms in total. The van der Waals surface area contributed by atoms with Gasteiger partial charge in [-0.1, -0.05) is 24.3 Å². The van der Waals surface area contributed by atoms with Gasteiger partial charge >= 0.3 is 5.97 Å². The normalized spacial score (nSPS) is 13.4. The van der Waals surface area contributed by atoms with E-state index in [2.05, 4.69) is 44.6 Å². The number of ether oxygens (including phenoxy) is 1. The molecule has 30 heavy (non-hydrogen) atoms. The summed E-state index contributed by atoms with van der Waals surface area (Å²) in [6.45, 7) is 4.36. The summed E-state index contributed by atoms with van der Waals surface area (Å²) in [5.74, 6) is 1.77. The van der Waals surface area contributed by atoms with Crippen LogP contribution in [0.5, 0.6) is 0 Å². The third kappa shape index (κ3) is 4.76. The number of anilines is 2. The van der Waals surface area contributed by atoms with Gasteiger partial charge in [-0.25, -0.2) is 4.68 Å². The molecule has 156 valence electrons. The highest BCUT2D eigenvalue weighted by atomic mass is 16.5. The molecule has 2 aromatic heterocycles. The van der Waals surface area contributed by atoms with Crippen LogP contribution in [0.4, 0.5) is 11.8 Å². The SMILES string of the molecule is CCOC(=O)CCNc1nc(N2CCc3ccccc3CC2)cc(-n2cccn2)n1. The molecular formula is C22H26N6O2. The standard InChI is InChI=1S/C22H26N6O2/c1-2-30-21(29)8-12-23-22-25-19(16-20(26-22)28-13-5-11-24-28)27-14-9-17-6-3-4-7-18(17)10-15-27/h3-7,11,13,16H,2,8-10,12,14-15H2,1H3,(H,23,25,26). The molecule has 0 bridgehead atoms. The molecule has 0 radical (unpaired) electrons. The second-order valence-corrected chi connectivity index (χ2v) is 7.10. The smallest absolute Gasteiger partial charge is 0.307 e. The van der Waals surface area contributed by atoms with Crippen LogP contribution in [-0.4, -0.2) is 52.0 Å². The van der Waals surface area contributed by atoms with E-state index in [-0.39, 0.29) is 12.4 Å². The second-order valence-electron chi connectivity index (χ2n) is 7.10. The van der Waals surface area contributed by atoms with Gasteiger partial charge in [-0.2, -0.15) is 15.1 Å². The van der Waals surface area contributed by atoms with Gasteiger partial charge < -0.3 is 15.0 Å². The number of fused-ring (bicyclic) bond motifs is 1. The molecule has 1 aromatic carbocycles. The summed E-state index contributed by atoms with van der Waals surface area (Å²) in [4.78, 5) is 23.2. The Bertz CT molecular complexity index is 962. The lowest BCUT2D eigenvalue weighted by molar-refractivity contribution is -0.142. The predicted molar refractivity (Wildman–Crippen MR) is 115 cm³/mol. The largest absolute Gasteiger partial charge is 0.466 e. The van der Waals surface area contributed by atoms with Gasteiger partial charge in [0, 0.05) is 38.1 Å². The topological polar surface area (TPSA) is 85.2 Å². The first-order valence-electron chi connectivity index (χ1n) is 10.3. The van der Waals surface area contributed by atoms with Gasteiger partial charge in [-0.15, -0.1) is 0 Å². The summed E-state index contributed by atoms with van der Waals surface area (Å²) >= 11 is 0. The Morgan fingerprint density at radius 2 is 1.83 bits per heavy atom. The Morgan fingerprint density at radius 1 is 1.10 bits per heavy atom. The molecule has 3 aromatic rings. The van der Waals surface area contributed by atoms with Crippen molar-refractivity contribution in [2.75, 3.05) is 36.5 Å². The van der Waals surface area contributed by atoms with E-state index >= 15 is 0 Å². The van der Waals surface area contributed by atoms with Crippen LogP contribution in [0.1, 0.15) is 24.5 Å². The van der Waals surface area contributed by atoms with E-state index in [1.54, 1.807) is 17.8 Å². The average molecular weight is 406 g/mol. The number of hydrogen-bond donors (Lipinski definition) is 1. The zero-order chi connectivity index (χ0) is 20.8. The molecule has 0 unspecified atom stereocenters. The third-order valence-corrected chi connectivity index (χ3v) is 5.10. The van der Waals surface area contributed by atoms with Crippen LogP contribution in [-0.2, 0) is 22.4 Å². The molecule has 0 amide bonds. The third-order valence-electron chi connectivity index (χ3n) is 5.10. The van der Waals surface area contributed by atoms with Gasteiger partial charge in [-0.05, 0) is 37.0 Å². The van der Waals surface area contributed by atoms with Gasteiger partial charge in [-0.3, -0.25) is 4.79 Å². The maximum atomic E-state index is 11.6. The molecule has 4 rings (SSSR count). The molecule has 0 fully saturated rings.